The number of halogens is 1. The number of carbonyl (C=O) groups excluding carboxylic acids is 1. The van der Waals surface area contributed by atoms with Gasteiger partial charge in [-0.25, -0.2) is 19.0 Å². The fourth-order valence-electron chi connectivity index (χ4n) is 2.76. The third kappa shape index (κ3) is 4.37. The molecule has 0 aliphatic carbocycles. The summed E-state index contributed by atoms with van der Waals surface area (Å²) in [6.07, 6.45) is -0.325. The molecule has 0 unspecified atom stereocenters. The summed E-state index contributed by atoms with van der Waals surface area (Å²) in [6.45, 7) is 8.14. The lowest BCUT2D eigenvalue weighted by Gasteiger charge is -2.35. The predicted octanol–water partition coefficient (Wildman–Crippen LogP) is 2.38. The van der Waals surface area contributed by atoms with Gasteiger partial charge in [0, 0.05) is 26.2 Å². The minimum atomic E-state index is -0.600. The summed E-state index contributed by atoms with van der Waals surface area (Å²) in [6, 6.07) is 3.85. The molecular formula is C18H22FN3O4. The first-order chi connectivity index (χ1) is 12.2. The summed E-state index contributed by atoms with van der Waals surface area (Å²) in [5.74, 6) is -0.225. The molecular weight excluding hydrogens is 341 g/mol. The molecule has 1 amide bonds. The van der Waals surface area contributed by atoms with Crippen LogP contribution in [0, 0.1) is 5.82 Å². The second-order valence-electron chi connectivity index (χ2n) is 7.30. The maximum Gasteiger partial charge on any atom is 0.410 e. The third-order valence-corrected chi connectivity index (χ3v) is 4.02. The van der Waals surface area contributed by atoms with E-state index >= 15 is 0 Å². The lowest BCUT2D eigenvalue weighted by Crippen LogP contribution is -2.49. The standard InChI is InChI=1S/C18H22FN3O4/c1-18(2,3)26-17(24)22-8-6-21(7-9-22)11-15-20-14-5-4-12(19)10-13(14)16(23)25-15/h4-5,10H,6-9,11H2,1-3H3. The summed E-state index contributed by atoms with van der Waals surface area (Å²) < 4.78 is 23.8. The van der Waals surface area contributed by atoms with E-state index in [0.29, 0.717) is 38.2 Å². The van der Waals surface area contributed by atoms with Gasteiger partial charge in [-0.1, -0.05) is 0 Å². The highest BCUT2D eigenvalue weighted by molar-refractivity contribution is 5.76. The number of piperazine rings is 1. The van der Waals surface area contributed by atoms with Crippen LogP contribution in [-0.4, -0.2) is 52.7 Å². The molecule has 1 saturated heterocycles. The molecule has 7 nitrogen and oxygen atoms in total. The van der Waals surface area contributed by atoms with Crippen molar-refractivity contribution in [3.05, 3.63) is 40.3 Å². The Labute approximate surface area is 150 Å². The van der Waals surface area contributed by atoms with Gasteiger partial charge in [-0.2, -0.15) is 0 Å². The Morgan fingerprint density at radius 2 is 1.96 bits per heavy atom. The number of nitrogens with zero attached hydrogens (tertiary/aromatic N) is 3. The van der Waals surface area contributed by atoms with Crippen molar-refractivity contribution in [2.45, 2.75) is 32.9 Å². The molecule has 0 spiro atoms. The van der Waals surface area contributed by atoms with Gasteiger partial charge in [0.25, 0.3) is 0 Å². The molecule has 1 aliphatic heterocycles. The van der Waals surface area contributed by atoms with Gasteiger partial charge in [0.05, 0.1) is 17.4 Å². The van der Waals surface area contributed by atoms with Crippen LogP contribution in [0.2, 0.25) is 0 Å². The number of benzene rings is 1. The van der Waals surface area contributed by atoms with Gasteiger partial charge in [0.15, 0.2) is 0 Å². The van der Waals surface area contributed by atoms with Crippen LogP contribution < -0.4 is 5.63 Å². The van der Waals surface area contributed by atoms with Crippen molar-refractivity contribution in [2.24, 2.45) is 0 Å². The molecule has 1 aliphatic rings. The van der Waals surface area contributed by atoms with Crippen molar-refractivity contribution < 1.29 is 18.3 Å². The van der Waals surface area contributed by atoms with Gasteiger partial charge in [-0.3, -0.25) is 4.90 Å². The van der Waals surface area contributed by atoms with Gasteiger partial charge in [-0.05, 0) is 39.0 Å². The maximum absolute atomic E-state index is 13.2. The number of fused-ring (bicyclic) bond motifs is 1. The topological polar surface area (TPSA) is 75.9 Å². The average Bonchev–Trinajstić information content (AvgIpc) is 2.55. The van der Waals surface area contributed by atoms with E-state index in [9.17, 15) is 14.0 Å². The first-order valence-corrected chi connectivity index (χ1v) is 8.51. The van der Waals surface area contributed by atoms with Crippen molar-refractivity contribution in [2.75, 3.05) is 26.2 Å². The lowest BCUT2D eigenvalue weighted by atomic mass is 10.2. The van der Waals surface area contributed by atoms with Gasteiger partial charge >= 0.3 is 11.7 Å². The molecule has 8 heteroatoms. The Hall–Kier alpha value is -2.48. The van der Waals surface area contributed by atoms with E-state index in [-0.39, 0.29) is 17.4 Å². The smallest absolute Gasteiger partial charge is 0.410 e. The predicted molar refractivity (Wildman–Crippen MR) is 93.3 cm³/mol. The van der Waals surface area contributed by atoms with E-state index in [2.05, 4.69) is 4.98 Å². The van der Waals surface area contributed by atoms with Gasteiger partial charge < -0.3 is 14.1 Å². The summed E-state index contributed by atoms with van der Waals surface area (Å²) in [4.78, 5) is 32.1. The minimum Gasteiger partial charge on any atom is -0.444 e. The van der Waals surface area contributed by atoms with Crippen molar-refractivity contribution in [3.8, 4) is 0 Å². The number of amides is 1. The number of hydrogen-bond acceptors (Lipinski definition) is 6. The molecule has 0 bridgehead atoms. The SMILES string of the molecule is CC(C)(C)OC(=O)N1CCN(Cc2nc3ccc(F)cc3c(=O)o2)CC1. The number of carbonyl (C=O) groups is 1. The lowest BCUT2D eigenvalue weighted by molar-refractivity contribution is 0.0132. The molecule has 1 aromatic heterocycles. The molecule has 2 heterocycles. The fraction of sp³-hybridized carbons (Fsp3) is 0.500. The van der Waals surface area contributed by atoms with Crippen LogP contribution in [0.3, 0.4) is 0 Å². The number of hydrogen-bond donors (Lipinski definition) is 0. The van der Waals surface area contributed by atoms with Crippen LogP contribution in [-0.2, 0) is 11.3 Å². The second kappa shape index (κ2) is 7.03. The average molecular weight is 363 g/mol. The van der Waals surface area contributed by atoms with Gasteiger partial charge in [-0.15, -0.1) is 0 Å². The van der Waals surface area contributed by atoms with E-state index in [1.54, 1.807) is 4.90 Å². The van der Waals surface area contributed by atoms with Crippen LogP contribution in [0.15, 0.2) is 27.4 Å². The first kappa shape index (κ1) is 18.3. The van der Waals surface area contributed by atoms with E-state index < -0.39 is 17.0 Å². The quantitative estimate of drug-likeness (QED) is 0.815. The first-order valence-electron chi connectivity index (χ1n) is 8.51. The van der Waals surface area contributed by atoms with Crippen LogP contribution >= 0.6 is 0 Å². The highest BCUT2D eigenvalue weighted by atomic mass is 19.1. The summed E-state index contributed by atoms with van der Waals surface area (Å²) >= 11 is 0. The van der Waals surface area contributed by atoms with Gasteiger partial charge in [0.1, 0.15) is 11.4 Å². The van der Waals surface area contributed by atoms with Crippen molar-refractivity contribution >= 4 is 17.0 Å². The highest BCUT2D eigenvalue weighted by Gasteiger charge is 2.26. The Balaban J connectivity index is 1.63. The van der Waals surface area contributed by atoms with E-state index in [1.807, 2.05) is 25.7 Å². The zero-order valence-electron chi connectivity index (χ0n) is 15.1. The Morgan fingerprint density at radius 1 is 1.27 bits per heavy atom. The molecule has 0 saturated carbocycles. The fourth-order valence-corrected chi connectivity index (χ4v) is 2.76. The summed E-state index contributed by atoms with van der Waals surface area (Å²) in [5.41, 5.74) is -0.714. The van der Waals surface area contributed by atoms with Crippen molar-refractivity contribution in [1.82, 2.24) is 14.8 Å². The zero-order chi connectivity index (χ0) is 18.9. The van der Waals surface area contributed by atoms with Crippen LogP contribution in [0.1, 0.15) is 26.7 Å². The monoisotopic (exact) mass is 363 g/mol. The minimum absolute atomic E-state index is 0.128. The summed E-state index contributed by atoms with van der Waals surface area (Å²) in [7, 11) is 0. The molecule has 1 aromatic carbocycles. The van der Waals surface area contributed by atoms with E-state index in [1.165, 1.54) is 12.1 Å². The molecule has 0 N–H and O–H groups in total. The molecule has 2 aromatic rings. The van der Waals surface area contributed by atoms with Crippen LogP contribution in [0.5, 0.6) is 0 Å². The van der Waals surface area contributed by atoms with E-state index in [4.69, 9.17) is 9.15 Å². The van der Waals surface area contributed by atoms with Crippen LogP contribution in [0.4, 0.5) is 9.18 Å². The zero-order valence-corrected chi connectivity index (χ0v) is 15.1. The molecule has 140 valence electrons. The molecule has 0 atom stereocenters. The largest absolute Gasteiger partial charge is 0.444 e. The number of ether oxygens (including phenoxy) is 1. The number of aromatic nitrogens is 1. The Morgan fingerprint density at radius 3 is 2.62 bits per heavy atom. The highest BCUT2D eigenvalue weighted by Crippen LogP contribution is 2.14. The number of rotatable bonds is 2. The normalized spacial score (nSPS) is 16.1. The summed E-state index contributed by atoms with van der Waals surface area (Å²) in [5, 5.41) is 0.128. The maximum atomic E-state index is 13.2. The molecule has 0 radical (unpaired) electrons. The van der Waals surface area contributed by atoms with Gasteiger partial charge in [0.2, 0.25) is 5.89 Å². The third-order valence-electron chi connectivity index (χ3n) is 4.02. The van der Waals surface area contributed by atoms with Crippen molar-refractivity contribution in [1.29, 1.82) is 0 Å². The Bertz CT molecular complexity index is 867. The van der Waals surface area contributed by atoms with Crippen molar-refractivity contribution in [3.63, 3.8) is 0 Å². The molecule has 1 fully saturated rings. The van der Waals surface area contributed by atoms with Crippen LogP contribution in [0.25, 0.3) is 10.9 Å². The molecule has 3 rings (SSSR count). The Kier molecular flexibility index (Phi) is 4.95. The second-order valence-corrected chi connectivity index (χ2v) is 7.30. The molecule has 26 heavy (non-hydrogen) atoms. The van der Waals surface area contributed by atoms with E-state index in [0.717, 1.165) is 6.07 Å².